The number of thioether (sulfide) groups is 1. The first-order valence-corrected chi connectivity index (χ1v) is 8.58. The molecule has 0 aliphatic heterocycles. The molecule has 0 fully saturated rings. The molecular weight excluding hydrogens is 352 g/mol. The third-order valence-electron chi connectivity index (χ3n) is 3.69. The van der Waals surface area contributed by atoms with Crippen LogP contribution in [-0.2, 0) is 0 Å². The first-order chi connectivity index (χ1) is 12.7. The molecule has 2 amide bonds. The topological polar surface area (TPSA) is 129 Å². The van der Waals surface area contributed by atoms with E-state index in [-0.39, 0.29) is 0 Å². The first kappa shape index (κ1) is 16.1. The lowest BCUT2D eigenvalue weighted by Gasteiger charge is -2.28. The van der Waals surface area contributed by atoms with Crippen molar-refractivity contribution in [2.75, 3.05) is 4.90 Å². The van der Waals surface area contributed by atoms with Crippen LogP contribution in [0.5, 0.6) is 0 Å². The van der Waals surface area contributed by atoms with Crippen molar-refractivity contribution in [2.24, 2.45) is 5.73 Å². The second-order valence-electron chi connectivity index (χ2n) is 5.35. The average Bonchev–Trinajstić information content (AvgIpc) is 3.33. The predicted octanol–water partition coefficient (Wildman–Crippen LogP) is 2.45. The Morgan fingerprint density at radius 2 is 2.00 bits per heavy atom. The number of pyridine rings is 1. The van der Waals surface area contributed by atoms with E-state index in [9.17, 15) is 4.79 Å². The molecule has 0 bridgehead atoms. The van der Waals surface area contributed by atoms with Gasteiger partial charge < -0.3 is 5.73 Å². The first-order valence-electron chi connectivity index (χ1n) is 7.70. The second-order valence-corrected chi connectivity index (χ2v) is 6.45. The van der Waals surface area contributed by atoms with Crippen LogP contribution in [0.1, 0.15) is 10.9 Å². The third kappa shape index (κ3) is 3.09. The van der Waals surface area contributed by atoms with Gasteiger partial charge in [0.15, 0.2) is 5.82 Å². The number of aromatic nitrogens is 6. The minimum Gasteiger partial charge on any atom is -0.351 e. The fraction of sp³-hybridized carbons (Fsp3) is 0.0625. The van der Waals surface area contributed by atoms with Crippen molar-refractivity contribution in [3.63, 3.8) is 0 Å². The number of H-pyrrole nitrogens is 2. The Labute approximate surface area is 152 Å². The van der Waals surface area contributed by atoms with Gasteiger partial charge in [0, 0.05) is 12.3 Å². The maximum absolute atomic E-state index is 12.2. The van der Waals surface area contributed by atoms with Crippen molar-refractivity contribution >= 4 is 34.8 Å². The van der Waals surface area contributed by atoms with Gasteiger partial charge in [-0.3, -0.25) is 15.1 Å². The maximum atomic E-state index is 12.2. The largest absolute Gasteiger partial charge is 0.351 e. The van der Waals surface area contributed by atoms with Gasteiger partial charge in [0.25, 0.3) is 0 Å². The van der Waals surface area contributed by atoms with Crippen LogP contribution in [-0.4, -0.2) is 36.6 Å². The summed E-state index contributed by atoms with van der Waals surface area (Å²) in [6.07, 6.45) is 1.64. The van der Waals surface area contributed by atoms with Crippen LogP contribution < -0.4 is 10.6 Å². The van der Waals surface area contributed by atoms with Gasteiger partial charge in [-0.15, -0.1) is 5.10 Å². The van der Waals surface area contributed by atoms with Gasteiger partial charge in [-0.05, 0) is 17.7 Å². The van der Waals surface area contributed by atoms with Crippen LogP contribution in [0, 0.1) is 0 Å². The van der Waals surface area contributed by atoms with Crippen molar-refractivity contribution in [1.29, 1.82) is 0 Å². The molecule has 26 heavy (non-hydrogen) atoms. The molecule has 0 aliphatic rings. The van der Waals surface area contributed by atoms with E-state index in [1.807, 2.05) is 42.5 Å². The van der Waals surface area contributed by atoms with Crippen LogP contribution >= 0.6 is 11.8 Å². The second kappa shape index (κ2) is 6.84. The number of benzene rings is 1. The van der Waals surface area contributed by atoms with E-state index >= 15 is 0 Å². The zero-order chi connectivity index (χ0) is 17.9. The highest BCUT2D eigenvalue weighted by molar-refractivity contribution is 7.99. The molecule has 4 aromatic rings. The molecule has 1 atom stereocenters. The number of hydrogen-bond acceptors (Lipinski definition) is 6. The standard InChI is InChI=1S/C16H14N8OS/c17-16(25)24(12-8-9-18-21-12)15(10-4-2-1-3-5-10)26-13-7-6-11-14(19-13)22-23-20-11/h1-9,15H,(H2,17,25)(H,18,21)(H,19,20,22,23). The van der Waals surface area contributed by atoms with Crippen molar-refractivity contribution in [3.05, 3.63) is 60.3 Å². The van der Waals surface area contributed by atoms with Gasteiger partial charge in [-0.25, -0.2) is 9.78 Å². The lowest BCUT2D eigenvalue weighted by Crippen LogP contribution is -2.38. The van der Waals surface area contributed by atoms with E-state index < -0.39 is 11.4 Å². The maximum Gasteiger partial charge on any atom is 0.321 e. The van der Waals surface area contributed by atoms with E-state index in [0.717, 1.165) is 11.1 Å². The van der Waals surface area contributed by atoms with Crippen molar-refractivity contribution in [1.82, 2.24) is 30.6 Å². The molecule has 1 unspecified atom stereocenters. The van der Waals surface area contributed by atoms with Crippen molar-refractivity contribution < 1.29 is 4.79 Å². The number of anilines is 1. The van der Waals surface area contributed by atoms with E-state index in [1.54, 1.807) is 12.3 Å². The van der Waals surface area contributed by atoms with E-state index in [1.165, 1.54) is 16.7 Å². The molecule has 9 nitrogen and oxygen atoms in total. The molecule has 3 aromatic heterocycles. The molecule has 3 heterocycles. The Bertz CT molecular complexity index is 1020. The zero-order valence-electron chi connectivity index (χ0n) is 13.4. The fourth-order valence-electron chi connectivity index (χ4n) is 2.52. The number of primary amides is 1. The third-order valence-corrected chi connectivity index (χ3v) is 4.86. The number of nitrogens with two attached hydrogens (primary N) is 1. The minimum absolute atomic E-state index is 0.432. The van der Waals surface area contributed by atoms with Gasteiger partial charge in [0.1, 0.15) is 15.9 Å². The molecule has 4 rings (SSSR count). The number of nitrogens with zero attached hydrogens (tertiary/aromatic N) is 5. The summed E-state index contributed by atoms with van der Waals surface area (Å²) < 4.78 is 0. The van der Waals surface area contributed by atoms with Gasteiger partial charge in [0.05, 0.1) is 0 Å². The Morgan fingerprint density at radius 1 is 1.15 bits per heavy atom. The Hall–Kier alpha value is -3.40. The summed E-state index contributed by atoms with van der Waals surface area (Å²) in [5.74, 6) is 0.432. The van der Waals surface area contributed by atoms with Crippen LogP contribution in [0.3, 0.4) is 0 Å². The Morgan fingerprint density at radius 3 is 2.73 bits per heavy atom. The normalized spacial score (nSPS) is 12.2. The van der Waals surface area contributed by atoms with Crippen LogP contribution in [0.25, 0.3) is 11.2 Å². The number of carbonyl (C=O) groups is 1. The number of nitrogens with one attached hydrogen (secondary N) is 2. The molecule has 10 heteroatoms. The molecule has 130 valence electrons. The summed E-state index contributed by atoms with van der Waals surface area (Å²) in [5.41, 5.74) is 7.80. The molecule has 0 saturated carbocycles. The molecular formula is C16H14N8OS. The van der Waals surface area contributed by atoms with E-state index in [4.69, 9.17) is 5.73 Å². The number of carbonyl (C=O) groups excluding carboxylic acids is 1. The number of fused-ring (bicyclic) bond motifs is 1. The molecule has 4 N–H and O–H groups in total. The summed E-state index contributed by atoms with van der Waals surface area (Å²) in [5, 5.41) is 17.5. The summed E-state index contributed by atoms with van der Waals surface area (Å²) >= 11 is 1.37. The van der Waals surface area contributed by atoms with Gasteiger partial charge in [-0.2, -0.15) is 5.10 Å². The lowest BCUT2D eigenvalue weighted by molar-refractivity contribution is 0.253. The number of hydrogen-bond donors (Lipinski definition) is 3. The highest BCUT2D eigenvalue weighted by Crippen LogP contribution is 2.39. The van der Waals surface area contributed by atoms with Gasteiger partial charge in [0.2, 0.25) is 5.65 Å². The van der Waals surface area contributed by atoms with Crippen LogP contribution in [0.4, 0.5) is 10.6 Å². The van der Waals surface area contributed by atoms with E-state index in [0.29, 0.717) is 16.5 Å². The highest BCUT2D eigenvalue weighted by atomic mass is 32.2. The summed E-state index contributed by atoms with van der Waals surface area (Å²) in [4.78, 5) is 18.1. The average molecular weight is 366 g/mol. The van der Waals surface area contributed by atoms with Crippen LogP contribution in [0.15, 0.2) is 59.8 Å². The highest BCUT2D eigenvalue weighted by Gasteiger charge is 2.28. The number of aromatic amines is 2. The molecule has 1 aromatic carbocycles. The summed E-state index contributed by atoms with van der Waals surface area (Å²) in [6.45, 7) is 0. The molecule has 0 aliphatic carbocycles. The van der Waals surface area contributed by atoms with Gasteiger partial charge >= 0.3 is 6.03 Å². The molecule has 0 radical (unpaired) electrons. The fourth-order valence-corrected chi connectivity index (χ4v) is 3.65. The summed E-state index contributed by atoms with van der Waals surface area (Å²) in [6, 6.07) is 14.3. The van der Waals surface area contributed by atoms with Crippen molar-refractivity contribution in [2.45, 2.75) is 10.4 Å². The zero-order valence-corrected chi connectivity index (χ0v) is 14.2. The Balaban J connectivity index is 1.76. The van der Waals surface area contributed by atoms with Gasteiger partial charge in [-0.1, -0.05) is 47.3 Å². The van der Waals surface area contributed by atoms with Crippen LogP contribution in [0.2, 0.25) is 0 Å². The quantitative estimate of drug-likeness (QED) is 0.367. The SMILES string of the molecule is NC(=O)N(c1cc[nH]n1)C(Sc1ccc2[nH]nnc2n1)c1ccccc1. The molecule has 0 spiro atoms. The Kier molecular flexibility index (Phi) is 4.23. The summed E-state index contributed by atoms with van der Waals surface area (Å²) in [7, 11) is 0. The molecule has 0 saturated heterocycles. The minimum atomic E-state index is -0.610. The number of urea groups is 1. The monoisotopic (exact) mass is 366 g/mol. The lowest BCUT2D eigenvalue weighted by atomic mass is 10.2. The van der Waals surface area contributed by atoms with Crippen molar-refractivity contribution in [3.8, 4) is 0 Å². The smallest absolute Gasteiger partial charge is 0.321 e. The number of rotatable bonds is 5. The van der Waals surface area contributed by atoms with E-state index in [2.05, 4.69) is 30.6 Å². The number of amides is 2. The predicted molar refractivity (Wildman–Crippen MR) is 97.4 cm³/mol.